The SMILES string of the molecule is IC1=CCC[CH]1. The average molecular weight is 193 g/mol. The van der Waals surface area contributed by atoms with Crippen molar-refractivity contribution in [2.45, 2.75) is 12.8 Å². The Hall–Kier alpha value is 0.470. The Balaban J connectivity index is 2.45. The summed E-state index contributed by atoms with van der Waals surface area (Å²) in [6.45, 7) is 0. The molecule has 0 amide bonds. The molecule has 33 valence electrons. The number of hydrogen-bond donors (Lipinski definition) is 0. The fraction of sp³-hybridized carbons (Fsp3) is 0.400. The second kappa shape index (κ2) is 1.96. The zero-order valence-electron chi connectivity index (χ0n) is 3.45. The molecule has 0 saturated carbocycles. The molecule has 0 aliphatic heterocycles. The summed E-state index contributed by atoms with van der Waals surface area (Å²) < 4.78 is 1.42. The molecule has 1 radical (unpaired) electrons. The first-order valence-electron chi connectivity index (χ1n) is 2.08. The smallest absolute Gasteiger partial charge is 0.00308 e. The Morgan fingerprint density at radius 2 is 2.33 bits per heavy atom. The van der Waals surface area contributed by atoms with Crippen LogP contribution in [0.1, 0.15) is 12.8 Å². The molecule has 0 unspecified atom stereocenters. The van der Waals surface area contributed by atoms with E-state index in [0.29, 0.717) is 0 Å². The molecule has 1 rings (SSSR count). The lowest BCUT2D eigenvalue weighted by Gasteiger charge is -1.76. The van der Waals surface area contributed by atoms with E-state index in [0.717, 1.165) is 0 Å². The van der Waals surface area contributed by atoms with E-state index in [-0.39, 0.29) is 0 Å². The average Bonchev–Trinajstić information content (AvgIpc) is 1.86. The summed E-state index contributed by atoms with van der Waals surface area (Å²) >= 11 is 2.34. The van der Waals surface area contributed by atoms with Gasteiger partial charge in [0.1, 0.15) is 0 Å². The van der Waals surface area contributed by atoms with E-state index in [9.17, 15) is 0 Å². The van der Waals surface area contributed by atoms with Gasteiger partial charge in [-0.3, -0.25) is 0 Å². The Kier molecular flexibility index (Phi) is 1.51. The van der Waals surface area contributed by atoms with Gasteiger partial charge in [-0.15, -0.1) is 0 Å². The summed E-state index contributed by atoms with van der Waals surface area (Å²) in [5.41, 5.74) is 0. The van der Waals surface area contributed by atoms with Crippen LogP contribution in [0.3, 0.4) is 0 Å². The Labute approximate surface area is 51.8 Å². The highest BCUT2D eigenvalue weighted by atomic mass is 127. The lowest BCUT2D eigenvalue weighted by Crippen LogP contribution is -1.57. The molecule has 0 N–H and O–H groups in total. The molecule has 0 aromatic carbocycles. The Morgan fingerprint density at radius 1 is 1.50 bits per heavy atom. The minimum absolute atomic E-state index is 1.26. The third kappa shape index (κ3) is 0.965. The quantitative estimate of drug-likeness (QED) is 0.517. The molecule has 0 heterocycles. The predicted octanol–water partition coefficient (Wildman–Crippen LogP) is 2.30. The van der Waals surface area contributed by atoms with Gasteiger partial charge in [0, 0.05) is 0 Å². The van der Waals surface area contributed by atoms with Crippen LogP contribution in [0.5, 0.6) is 0 Å². The summed E-state index contributed by atoms with van der Waals surface area (Å²) in [5.74, 6) is 0. The van der Waals surface area contributed by atoms with Gasteiger partial charge in [-0.1, -0.05) is 6.08 Å². The summed E-state index contributed by atoms with van der Waals surface area (Å²) in [5, 5.41) is 0. The van der Waals surface area contributed by atoms with Crippen molar-refractivity contribution in [2.75, 3.05) is 0 Å². The molecule has 6 heavy (non-hydrogen) atoms. The zero-order chi connectivity index (χ0) is 4.41. The van der Waals surface area contributed by atoms with Crippen molar-refractivity contribution in [3.05, 3.63) is 16.1 Å². The van der Waals surface area contributed by atoms with Crippen LogP contribution >= 0.6 is 22.6 Å². The molecule has 1 heteroatoms. The maximum atomic E-state index is 2.34. The topological polar surface area (TPSA) is 0 Å². The van der Waals surface area contributed by atoms with Crippen LogP contribution in [-0.4, -0.2) is 0 Å². The fourth-order valence-corrected chi connectivity index (χ4v) is 1.15. The second-order valence-electron chi connectivity index (χ2n) is 1.37. The molecule has 0 spiro atoms. The van der Waals surface area contributed by atoms with Crippen molar-refractivity contribution >= 4 is 22.6 Å². The van der Waals surface area contributed by atoms with Crippen molar-refractivity contribution in [1.29, 1.82) is 0 Å². The van der Waals surface area contributed by atoms with Gasteiger partial charge in [-0.05, 0) is 45.4 Å². The normalized spacial score (nSPS) is 21.2. The largest absolute Gasteiger partial charge is 0.0749 e. The van der Waals surface area contributed by atoms with Gasteiger partial charge in [0.05, 0.1) is 0 Å². The van der Waals surface area contributed by atoms with Gasteiger partial charge in [-0.25, -0.2) is 0 Å². The summed E-state index contributed by atoms with van der Waals surface area (Å²) in [6, 6.07) is 0. The summed E-state index contributed by atoms with van der Waals surface area (Å²) in [7, 11) is 0. The van der Waals surface area contributed by atoms with Gasteiger partial charge in [0.15, 0.2) is 0 Å². The predicted molar refractivity (Wildman–Crippen MR) is 35.6 cm³/mol. The molecule has 1 aliphatic carbocycles. The van der Waals surface area contributed by atoms with Crippen LogP contribution in [-0.2, 0) is 0 Å². The molecule has 0 atom stereocenters. The molecule has 0 aromatic rings. The standard InChI is InChI=1S/C5H6I/c6-5-3-1-2-4-5/h3-4H,1-2H2. The van der Waals surface area contributed by atoms with Crippen molar-refractivity contribution in [3.63, 3.8) is 0 Å². The van der Waals surface area contributed by atoms with Crippen LogP contribution in [0.2, 0.25) is 0 Å². The monoisotopic (exact) mass is 193 g/mol. The van der Waals surface area contributed by atoms with Crippen LogP contribution in [0, 0.1) is 6.42 Å². The first kappa shape index (κ1) is 4.62. The molecule has 0 aromatic heterocycles. The molecule has 0 nitrogen and oxygen atoms in total. The van der Waals surface area contributed by atoms with Gasteiger partial charge in [0.2, 0.25) is 0 Å². The van der Waals surface area contributed by atoms with E-state index in [4.69, 9.17) is 0 Å². The molecular formula is C5H6I. The lowest BCUT2D eigenvalue weighted by molar-refractivity contribution is 1.06. The summed E-state index contributed by atoms with van der Waals surface area (Å²) in [6.07, 6.45) is 7.03. The number of rotatable bonds is 0. The minimum atomic E-state index is 1.26. The molecule has 1 aliphatic rings. The van der Waals surface area contributed by atoms with Gasteiger partial charge < -0.3 is 0 Å². The van der Waals surface area contributed by atoms with Gasteiger partial charge in [-0.2, -0.15) is 0 Å². The third-order valence-corrected chi connectivity index (χ3v) is 1.73. The fourth-order valence-electron chi connectivity index (χ4n) is 0.526. The lowest BCUT2D eigenvalue weighted by atomic mass is 10.4. The van der Waals surface area contributed by atoms with Gasteiger partial charge >= 0.3 is 0 Å². The Morgan fingerprint density at radius 3 is 2.50 bits per heavy atom. The zero-order valence-corrected chi connectivity index (χ0v) is 5.60. The van der Waals surface area contributed by atoms with Crippen LogP contribution in [0.25, 0.3) is 0 Å². The number of hydrogen-bond acceptors (Lipinski definition) is 0. The maximum Gasteiger partial charge on any atom is -0.00308 e. The second-order valence-corrected chi connectivity index (χ2v) is 2.62. The van der Waals surface area contributed by atoms with Gasteiger partial charge in [0.25, 0.3) is 0 Å². The van der Waals surface area contributed by atoms with E-state index < -0.39 is 0 Å². The number of allylic oxidation sites excluding steroid dienone is 2. The molecule has 0 bridgehead atoms. The van der Waals surface area contributed by atoms with Crippen molar-refractivity contribution in [3.8, 4) is 0 Å². The number of halogens is 1. The van der Waals surface area contributed by atoms with Crippen molar-refractivity contribution in [1.82, 2.24) is 0 Å². The molecule has 0 fully saturated rings. The molecular weight excluding hydrogens is 187 g/mol. The first-order valence-corrected chi connectivity index (χ1v) is 3.16. The first-order chi connectivity index (χ1) is 2.89. The van der Waals surface area contributed by atoms with E-state index in [2.05, 4.69) is 35.1 Å². The third-order valence-electron chi connectivity index (χ3n) is 0.845. The Bertz CT molecular complexity index is 74.0. The highest BCUT2D eigenvalue weighted by molar-refractivity contribution is 14.1. The minimum Gasteiger partial charge on any atom is -0.0749 e. The van der Waals surface area contributed by atoms with E-state index in [1.54, 1.807) is 0 Å². The van der Waals surface area contributed by atoms with Crippen molar-refractivity contribution < 1.29 is 0 Å². The van der Waals surface area contributed by atoms with E-state index in [1.807, 2.05) is 0 Å². The highest BCUT2D eigenvalue weighted by Gasteiger charge is 1.97. The maximum absolute atomic E-state index is 2.34. The van der Waals surface area contributed by atoms with Crippen LogP contribution < -0.4 is 0 Å². The van der Waals surface area contributed by atoms with E-state index in [1.165, 1.54) is 16.4 Å². The van der Waals surface area contributed by atoms with E-state index >= 15 is 0 Å². The summed E-state index contributed by atoms with van der Waals surface area (Å²) in [4.78, 5) is 0. The highest BCUT2D eigenvalue weighted by Crippen LogP contribution is 2.21. The van der Waals surface area contributed by atoms with Crippen molar-refractivity contribution in [2.24, 2.45) is 0 Å². The molecule has 0 saturated heterocycles. The van der Waals surface area contributed by atoms with Crippen LogP contribution in [0.4, 0.5) is 0 Å². The van der Waals surface area contributed by atoms with Crippen LogP contribution in [0.15, 0.2) is 9.66 Å².